The average Bonchev–Trinajstić information content (AvgIpc) is 3.04. The zero-order valence-corrected chi connectivity index (χ0v) is 16.1. The summed E-state index contributed by atoms with van der Waals surface area (Å²) >= 11 is 0. The Kier molecular flexibility index (Phi) is 5.09. The lowest BCUT2D eigenvalue weighted by molar-refractivity contribution is 0.0950. The predicted molar refractivity (Wildman–Crippen MR) is 101 cm³/mol. The molecule has 1 N–H and O–H groups in total. The highest BCUT2D eigenvalue weighted by Gasteiger charge is 2.20. The van der Waals surface area contributed by atoms with Crippen LogP contribution in [0, 0.1) is 20.8 Å². The third-order valence-corrected chi connectivity index (χ3v) is 5.74. The van der Waals surface area contributed by atoms with Crippen molar-refractivity contribution < 1.29 is 13.2 Å². The topological polar surface area (TPSA) is 94.0 Å². The number of rotatable bonds is 5. The summed E-state index contributed by atoms with van der Waals surface area (Å²) in [6.45, 7) is 5.62. The van der Waals surface area contributed by atoms with Crippen molar-refractivity contribution in [2.45, 2.75) is 32.2 Å². The van der Waals surface area contributed by atoms with Gasteiger partial charge in [-0.25, -0.2) is 12.4 Å². The minimum absolute atomic E-state index is 0.171. The quantitative estimate of drug-likeness (QED) is 0.729. The van der Waals surface area contributed by atoms with Crippen LogP contribution in [0.25, 0.3) is 0 Å². The molecule has 0 aliphatic carbocycles. The molecule has 2 aromatic heterocycles. The van der Waals surface area contributed by atoms with Crippen molar-refractivity contribution in [1.82, 2.24) is 19.3 Å². The van der Waals surface area contributed by atoms with Gasteiger partial charge in [-0.3, -0.25) is 14.8 Å². The Hall–Kier alpha value is -3.00. The zero-order chi connectivity index (χ0) is 19.6. The lowest BCUT2D eigenvalue weighted by Crippen LogP contribution is -2.23. The molecule has 7 nitrogen and oxygen atoms in total. The van der Waals surface area contributed by atoms with Gasteiger partial charge in [-0.15, -0.1) is 0 Å². The molecule has 2 heterocycles. The van der Waals surface area contributed by atoms with Crippen LogP contribution in [0.15, 0.2) is 53.9 Å². The Morgan fingerprint density at radius 3 is 2.37 bits per heavy atom. The van der Waals surface area contributed by atoms with Crippen molar-refractivity contribution in [3.63, 3.8) is 0 Å². The largest absolute Gasteiger partial charge is 0.346 e. The second-order valence-corrected chi connectivity index (χ2v) is 8.18. The summed E-state index contributed by atoms with van der Waals surface area (Å²) in [5.41, 5.74) is 3.25. The molecule has 0 fully saturated rings. The van der Waals surface area contributed by atoms with Crippen molar-refractivity contribution in [2.75, 3.05) is 0 Å². The first kappa shape index (κ1) is 18.8. The number of carbonyl (C=O) groups is 1. The second kappa shape index (κ2) is 7.32. The third-order valence-electron chi connectivity index (χ3n) is 4.11. The lowest BCUT2D eigenvalue weighted by Gasteiger charge is -2.06. The van der Waals surface area contributed by atoms with Crippen LogP contribution in [0.2, 0.25) is 0 Å². The first-order valence-corrected chi connectivity index (χ1v) is 9.78. The smallest absolute Gasteiger partial charge is 0.267 e. The molecule has 0 saturated heterocycles. The first-order chi connectivity index (χ1) is 12.8. The van der Waals surface area contributed by atoms with E-state index in [1.807, 2.05) is 13.8 Å². The van der Waals surface area contributed by atoms with E-state index >= 15 is 0 Å². The van der Waals surface area contributed by atoms with Crippen LogP contribution in [0.5, 0.6) is 0 Å². The molecular formula is C19H20N4O3S. The van der Waals surface area contributed by atoms with E-state index in [1.165, 1.54) is 12.4 Å². The van der Waals surface area contributed by atoms with E-state index < -0.39 is 10.0 Å². The van der Waals surface area contributed by atoms with Crippen molar-refractivity contribution in [2.24, 2.45) is 0 Å². The maximum atomic E-state index is 12.8. The number of carbonyl (C=O) groups excluding carboxylic acids is 1. The molecule has 140 valence electrons. The highest BCUT2D eigenvalue weighted by atomic mass is 32.2. The molecule has 0 spiro atoms. The van der Waals surface area contributed by atoms with Crippen LogP contribution in [0.4, 0.5) is 0 Å². The van der Waals surface area contributed by atoms with Gasteiger partial charge in [0.1, 0.15) is 0 Å². The lowest BCUT2D eigenvalue weighted by atomic mass is 10.2. The minimum Gasteiger partial charge on any atom is -0.346 e. The molecule has 0 bridgehead atoms. The molecule has 27 heavy (non-hydrogen) atoms. The Labute approximate surface area is 158 Å². The van der Waals surface area contributed by atoms with Gasteiger partial charge < -0.3 is 5.32 Å². The highest BCUT2D eigenvalue weighted by molar-refractivity contribution is 7.90. The van der Waals surface area contributed by atoms with Crippen LogP contribution < -0.4 is 5.32 Å². The number of hydrogen-bond donors (Lipinski definition) is 1. The van der Waals surface area contributed by atoms with Gasteiger partial charge in [-0.2, -0.15) is 0 Å². The summed E-state index contributed by atoms with van der Waals surface area (Å²) < 4.78 is 26.6. The highest BCUT2D eigenvalue weighted by Crippen LogP contribution is 2.18. The van der Waals surface area contributed by atoms with Gasteiger partial charge in [-0.05, 0) is 38.5 Å². The van der Waals surface area contributed by atoms with E-state index in [1.54, 1.807) is 43.6 Å². The molecule has 3 aromatic rings. The number of benzene rings is 1. The van der Waals surface area contributed by atoms with Crippen LogP contribution in [-0.4, -0.2) is 28.3 Å². The van der Waals surface area contributed by atoms with Gasteiger partial charge >= 0.3 is 0 Å². The Morgan fingerprint density at radius 2 is 1.74 bits per heavy atom. The van der Waals surface area contributed by atoms with Gasteiger partial charge in [0.15, 0.2) is 0 Å². The van der Waals surface area contributed by atoms with Gasteiger partial charge in [0.2, 0.25) is 0 Å². The first-order valence-electron chi connectivity index (χ1n) is 8.34. The molecule has 3 rings (SSSR count). The zero-order valence-electron chi connectivity index (χ0n) is 15.3. The summed E-state index contributed by atoms with van der Waals surface area (Å²) in [4.78, 5) is 20.9. The number of hydrogen-bond acceptors (Lipinski definition) is 5. The summed E-state index contributed by atoms with van der Waals surface area (Å²) in [5, 5.41) is 2.74. The molecule has 8 heteroatoms. The van der Waals surface area contributed by atoms with Gasteiger partial charge in [0, 0.05) is 18.6 Å². The van der Waals surface area contributed by atoms with Crippen LogP contribution in [-0.2, 0) is 16.6 Å². The molecule has 0 aliphatic heterocycles. The van der Waals surface area contributed by atoms with Crippen LogP contribution in [0.3, 0.4) is 0 Å². The van der Waals surface area contributed by atoms with Crippen molar-refractivity contribution in [3.8, 4) is 0 Å². The number of aromatic nitrogens is 3. The fourth-order valence-corrected chi connectivity index (χ4v) is 3.78. The van der Waals surface area contributed by atoms with Crippen molar-refractivity contribution >= 4 is 15.9 Å². The maximum Gasteiger partial charge on any atom is 0.267 e. The summed E-state index contributed by atoms with van der Waals surface area (Å²) in [6.07, 6.45) is 5.99. The van der Waals surface area contributed by atoms with E-state index in [9.17, 15) is 13.2 Å². The van der Waals surface area contributed by atoms with Gasteiger partial charge in [0.05, 0.1) is 34.6 Å². The van der Waals surface area contributed by atoms with Crippen molar-refractivity contribution in [1.29, 1.82) is 0 Å². The third kappa shape index (κ3) is 4.06. The Morgan fingerprint density at radius 1 is 1.04 bits per heavy atom. The van der Waals surface area contributed by atoms with Crippen LogP contribution in [0.1, 0.15) is 32.9 Å². The molecule has 0 saturated carbocycles. The molecule has 0 aliphatic rings. The minimum atomic E-state index is -3.75. The number of nitrogens with one attached hydrogen (secondary N) is 1. The van der Waals surface area contributed by atoms with E-state index in [0.29, 0.717) is 16.8 Å². The molecular weight excluding hydrogens is 364 g/mol. The fraction of sp³-hybridized carbons (Fsp3) is 0.211. The monoisotopic (exact) mass is 384 g/mol. The van der Waals surface area contributed by atoms with Gasteiger partial charge in [-0.1, -0.05) is 17.7 Å². The van der Waals surface area contributed by atoms with Crippen molar-refractivity contribution in [3.05, 3.63) is 77.1 Å². The Balaban J connectivity index is 1.80. The number of nitrogens with zero attached hydrogens (tertiary/aromatic N) is 3. The predicted octanol–water partition coefficient (Wildman–Crippen LogP) is 2.37. The van der Waals surface area contributed by atoms with E-state index in [-0.39, 0.29) is 17.3 Å². The molecule has 0 radical (unpaired) electrons. The maximum absolute atomic E-state index is 12.8. The normalized spacial score (nSPS) is 11.4. The van der Waals surface area contributed by atoms with E-state index in [4.69, 9.17) is 0 Å². The standard InChI is InChI=1S/C19H20N4O3S/c1-13-4-6-17(7-5-13)27(25,26)23-11-14(2)18(12-23)19(24)22-10-16-9-20-15(3)8-21-16/h4-9,11-12H,10H2,1-3H3,(H,22,24). The molecule has 0 unspecified atom stereocenters. The fourth-order valence-electron chi connectivity index (χ4n) is 2.51. The van der Waals surface area contributed by atoms with Crippen LogP contribution >= 0.6 is 0 Å². The molecule has 1 amide bonds. The summed E-state index contributed by atoms with van der Waals surface area (Å²) in [7, 11) is -3.75. The Bertz CT molecular complexity index is 1070. The summed E-state index contributed by atoms with van der Waals surface area (Å²) in [6, 6.07) is 6.57. The van der Waals surface area contributed by atoms with E-state index in [0.717, 1.165) is 15.2 Å². The summed E-state index contributed by atoms with van der Waals surface area (Å²) in [5.74, 6) is -0.368. The number of amides is 1. The molecule has 1 aromatic carbocycles. The second-order valence-electron chi connectivity index (χ2n) is 6.33. The van der Waals surface area contributed by atoms with E-state index in [2.05, 4.69) is 15.3 Å². The number of aryl methyl sites for hydroxylation is 3. The average molecular weight is 384 g/mol. The molecule has 0 atom stereocenters. The SMILES string of the molecule is Cc1ccc(S(=O)(=O)n2cc(C)c(C(=O)NCc3cnc(C)cn3)c2)cc1. The van der Waals surface area contributed by atoms with Gasteiger partial charge in [0.25, 0.3) is 15.9 Å².